The van der Waals surface area contributed by atoms with Crippen LogP contribution in [0.15, 0.2) is 29.2 Å². The van der Waals surface area contributed by atoms with E-state index < -0.39 is 22.9 Å². The number of carbonyl (C=O) groups excluding carboxylic acids is 1. The summed E-state index contributed by atoms with van der Waals surface area (Å²) < 4.78 is 36.2. The standard InChI is InChI=1S/C11H17O5PS/c1-17(2,3,4)16-11(12)9-6-5-7-10(8-9)18(13,14)15/h5-8H,1-4H3,(H,13,14,15). The molecule has 18 heavy (non-hydrogen) atoms. The number of carbonyl (C=O) groups is 1. The van der Waals surface area contributed by atoms with Crippen molar-refractivity contribution < 1.29 is 22.3 Å². The van der Waals surface area contributed by atoms with Gasteiger partial charge < -0.3 is 0 Å². The molecule has 0 spiro atoms. The fourth-order valence-corrected chi connectivity index (χ4v) is 2.46. The molecule has 102 valence electrons. The van der Waals surface area contributed by atoms with Crippen molar-refractivity contribution in [3.05, 3.63) is 29.8 Å². The van der Waals surface area contributed by atoms with Crippen LogP contribution in [0.5, 0.6) is 0 Å². The van der Waals surface area contributed by atoms with E-state index >= 15 is 0 Å². The second-order valence-electron chi connectivity index (χ2n) is 5.80. The average Bonchev–Trinajstić information content (AvgIpc) is 2.12. The van der Waals surface area contributed by atoms with Crippen LogP contribution in [0.3, 0.4) is 0 Å². The molecule has 5 nitrogen and oxygen atoms in total. The molecule has 7 heteroatoms. The molecule has 0 amide bonds. The van der Waals surface area contributed by atoms with Gasteiger partial charge in [-0.05, 0) is 0 Å². The van der Waals surface area contributed by atoms with Crippen molar-refractivity contribution in [1.29, 1.82) is 0 Å². The van der Waals surface area contributed by atoms with Crippen LogP contribution < -0.4 is 0 Å². The van der Waals surface area contributed by atoms with E-state index in [-0.39, 0.29) is 10.5 Å². The van der Waals surface area contributed by atoms with Crippen LogP contribution in [0, 0.1) is 0 Å². The van der Waals surface area contributed by atoms with E-state index in [4.69, 9.17) is 9.08 Å². The maximum absolute atomic E-state index is 11.9. The Balaban J connectivity index is 3.10. The van der Waals surface area contributed by atoms with Gasteiger partial charge in [0.15, 0.2) is 0 Å². The number of hydrogen-bond donors (Lipinski definition) is 1. The van der Waals surface area contributed by atoms with Crippen molar-refractivity contribution in [3.8, 4) is 0 Å². The third kappa shape index (κ3) is 4.72. The average molecular weight is 292 g/mol. The van der Waals surface area contributed by atoms with E-state index in [9.17, 15) is 13.2 Å². The van der Waals surface area contributed by atoms with E-state index in [2.05, 4.69) is 0 Å². The van der Waals surface area contributed by atoms with Crippen molar-refractivity contribution >= 4 is 22.9 Å². The molecule has 0 heterocycles. The summed E-state index contributed by atoms with van der Waals surface area (Å²) in [5.74, 6) is -0.590. The van der Waals surface area contributed by atoms with Crippen LogP contribution in [-0.4, -0.2) is 45.6 Å². The SMILES string of the molecule is CP(C)(C)(C)OC(=O)c1cccc(S(=O)(=O)O)c1. The second kappa shape index (κ2) is 4.30. The summed E-state index contributed by atoms with van der Waals surface area (Å²) in [7, 11) is -4.31. The molecule has 1 N–H and O–H groups in total. The van der Waals surface area contributed by atoms with Crippen molar-refractivity contribution in [2.75, 3.05) is 26.7 Å². The Morgan fingerprint density at radius 1 is 1.22 bits per heavy atom. The van der Waals surface area contributed by atoms with E-state index in [1.165, 1.54) is 18.2 Å². The van der Waals surface area contributed by atoms with Crippen LogP contribution in [-0.2, 0) is 14.6 Å². The Labute approximate surface area is 107 Å². The monoisotopic (exact) mass is 292 g/mol. The fraction of sp³-hybridized carbons (Fsp3) is 0.364. The van der Waals surface area contributed by atoms with Gasteiger partial charge in [-0.15, -0.1) is 0 Å². The molecule has 0 saturated carbocycles. The predicted molar refractivity (Wildman–Crippen MR) is 72.3 cm³/mol. The Bertz CT molecular complexity index is 574. The molecule has 0 aromatic heterocycles. The zero-order valence-corrected chi connectivity index (χ0v) is 12.5. The van der Waals surface area contributed by atoms with Gasteiger partial charge in [0.1, 0.15) is 0 Å². The van der Waals surface area contributed by atoms with Gasteiger partial charge in [0, 0.05) is 0 Å². The first-order valence-corrected chi connectivity index (χ1v) is 10.6. The zero-order valence-electron chi connectivity index (χ0n) is 10.7. The van der Waals surface area contributed by atoms with Gasteiger partial charge in [-0.3, -0.25) is 0 Å². The first kappa shape index (κ1) is 15.1. The van der Waals surface area contributed by atoms with Gasteiger partial charge in [0.25, 0.3) is 0 Å². The van der Waals surface area contributed by atoms with Crippen molar-refractivity contribution in [1.82, 2.24) is 0 Å². The van der Waals surface area contributed by atoms with Crippen molar-refractivity contribution in [2.24, 2.45) is 0 Å². The quantitative estimate of drug-likeness (QED) is 0.681. The molecule has 0 bridgehead atoms. The Morgan fingerprint density at radius 3 is 2.22 bits per heavy atom. The van der Waals surface area contributed by atoms with Gasteiger partial charge in [-0.25, -0.2) is 0 Å². The van der Waals surface area contributed by atoms with Crippen LogP contribution in [0.25, 0.3) is 0 Å². The minimum absolute atomic E-state index is 0.103. The van der Waals surface area contributed by atoms with Gasteiger partial charge >= 0.3 is 107 Å². The van der Waals surface area contributed by atoms with E-state index in [0.29, 0.717) is 0 Å². The molecule has 1 aromatic rings. The molecule has 0 aliphatic carbocycles. The Kier molecular flexibility index (Phi) is 3.60. The molecule has 1 aromatic carbocycles. The van der Waals surface area contributed by atoms with Crippen LogP contribution >= 0.6 is 6.83 Å². The maximum atomic E-state index is 11.9. The fourth-order valence-electron chi connectivity index (χ4n) is 1.17. The van der Waals surface area contributed by atoms with Gasteiger partial charge in [0.05, 0.1) is 0 Å². The Morgan fingerprint density at radius 2 is 1.78 bits per heavy atom. The first-order valence-electron chi connectivity index (χ1n) is 5.17. The molecular weight excluding hydrogens is 275 g/mol. The third-order valence-electron chi connectivity index (χ3n) is 1.82. The summed E-state index contributed by atoms with van der Waals surface area (Å²) >= 11 is 0. The van der Waals surface area contributed by atoms with E-state index in [0.717, 1.165) is 6.07 Å². The molecule has 1 rings (SSSR count). The summed E-state index contributed by atoms with van der Waals surface area (Å²) in [6, 6.07) is 5.13. The first-order chi connectivity index (χ1) is 7.85. The second-order valence-corrected chi connectivity index (χ2v) is 14.2. The van der Waals surface area contributed by atoms with Gasteiger partial charge in [-0.1, -0.05) is 0 Å². The summed E-state index contributed by atoms with van der Waals surface area (Å²) in [5, 5.41) is 0. The summed E-state index contributed by atoms with van der Waals surface area (Å²) in [6.07, 6.45) is 0. The van der Waals surface area contributed by atoms with Crippen LogP contribution in [0.1, 0.15) is 10.4 Å². The molecule has 0 atom stereocenters. The van der Waals surface area contributed by atoms with Crippen LogP contribution in [0.4, 0.5) is 0 Å². The van der Waals surface area contributed by atoms with Crippen LogP contribution in [0.2, 0.25) is 0 Å². The van der Waals surface area contributed by atoms with Crippen molar-refractivity contribution in [3.63, 3.8) is 0 Å². The normalized spacial score (nSPS) is 14.6. The molecule has 0 fully saturated rings. The number of benzene rings is 1. The summed E-state index contributed by atoms with van der Waals surface area (Å²) in [4.78, 5) is 11.6. The molecule has 0 aliphatic rings. The minimum atomic E-state index is -4.31. The van der Waals surface area contributed by atoms with E-state index in [1.54, 1.807) is 0 Å². The van der Waals surface area contributed by atoms with E-state index in [1.807, 2.05) is 26.7 Å². The number of hydrogen-bond acceptors (Lipinski definition) is 4. The van der Waals surface area contributed by atoms with Gasteiger partial charge in [-0.2, -0.15) is 0 Å². The van der Waals surface area contributed by atoms with Gasteiger partial charge in [0.2, 0.25) is 0 Å². The number of rotatable bonds is 3. The molecular formula is C11H17O5PS. The molecule has 0 unspecified atom stereocenters. The Hall–Kier alpha value is -0.970. The molecule has 0 aliphatic heterocycles. The topological polar surface area (TPSA) is 80.7 Å². The predicted octanol–water partition coefficient (Wildman–Crippen LogP) is 2.08. The van der Waals surface area contributed by atoms with Crippen molar-refractivity contribution in [2.45, 2.75) is 4.90 Å². The zero-order chi connectivity index (χ0) is 14.2. The molecule has 0 saturated heterocycles. The summed E-state index contributed by atoms with van der Waals surface area (Å²) in [5.41, 5.74) is 0.103. The molecule has 0 radical (unpaired) electrons. The summed E-state index contributed by atoms with van der Waals surface area (Å²) in [6.45, 7) is 4.94. The third-order valence-corrected chi connectivity index (χ3v) is 3.56.